The summed E-state index contributed by atoms with van der Waals surface area (Å²) >= 11 is 0. The highest BCUT2D eigenvalue weighted by atomic mass is 16.5. The van der Waals surface area contributed by atoms with Crippen molar-refractivity contribution in [2.75, 3.05) is 35.0 Å². The van der Waals surface area contributed by atoms with Gasteiger partial charge in [0.2, 0.25) is 5.75 Å². The minimum absolute atomic E-state index is 0.208. The Morgan fingerprint density at radius 1 is 0.909 bits per heavy atom. The first-order valence-electron chi connectivity index (χ1n) is 10.6. The Morgan fingerprint density at radius 3 is 2.24 bits per heavy atom. The summed E-state index contributed by atoms with van der Waals surface area (Å²) in [5.74, 6) is 1.02. The Kier molecular flexibility index (Phi) is 8.07. The van der Waals surface area contributed by atoms with E-state index in [0.717, 1.165) is 10.9 Å². The molecule has 1 aromatic heterocycles. The van der Waals surface area contributed by atoms with E-state index in [1.54, 1.807) is 39.5 Å². The fraction of sp³-hybridized carbons (Fsp3) is 0.320. The Bertz CT molecular complexity index is 1120. The molecule has 0 aliphatic carbocycles. The van der Waals surface area contributed by atoms with E-state index >= 15 is 0 Å². The zero-order chi connectivity index (χ0) is 23.8. The summed E-state index contributed by atoms with van der Waals surface area (Å²) < 4.78 is 21.0. The minimum atomic E-state index is -0.253. The van der Waals surface area contributed by atoms with Gasteiger partial charge in [0.1, 0.15) is 0 Å². The quantitative estimate of drug-likeness (QED) is 0.367. The second kappa shape index (κ2) is 11.2. The number of pyridine rings is 1. The van der Waals surface area contributed by atoms with Gasteiger partial charge in [0.25, 0.3) is 5.91 Å². The topological polar surface area (TPSA) is 96.0 Å². The molecule has 0 spiro atoms. The van der Waals surface area contributed by atoms with Crippen LogP contribution >= 0.6 is 0 Å². The lowest BCUT2D eigenvalue weighted by Crippen LogP contribution is -2.25. The maximum Gasteiger partial charge on any atom is 0.305 e. The predicted octanol–water partition coefficient (Wildman–Crippen LogP) is 4.00. The van der Waals surface area contributed by atoms with Crippen molar-refractivity contribution in [3.63, 3.8) is 0 Å². The predicted molar refractivity (Wildman–Crippen MR) is 125 cm³/mol. The molecule has 1 amide bonds. The van der Waals surface area contributed by atoms with E-state index in [4.69, 9.17) is 19.2 Å². The highest BCUT2D eigenvalue weighted by Gasteiger charge is 2.18. The number of benzene rings is 2. The van der Waals surface area contributed by atoms with Crippen LogP contribution in [0.4, 0.5) is 0 Å². The van der Waals surface area contributed by atoms with Gasteiger partial charge in [-0.2, -0.15) is 0 Å². The van der Waals surface area contributed by atoms with Crippen molar-refractivity contribution in [3.8, 4) is 28.5 Å². The number of carbonyl (C=O) groups excluding carboxylic acids is 2. The number of hydrogen-bond donors (Lipinski definition) is 1. The van der Waals surface area contributed by atoms with Crippen LogP contribution in [0.1, 0.15) is 29.6 Å². The largest absolute Gasteiger partial charge is 0.493 e. The maximum atomic E-state index is 13.0. The van der Waals surface area contributed by atoms with E-state index in [0.29, 0.717) is 59.8 Å². The number of amides is 1. The molecular weight excluding hydrogens is 424 g/mol. The summed E-state index contributed by atoms with van der Waals surface area (Å²) in [5.41, 5.74) is 2.53. The third kappa shape index (κ3) is 5.52. The average Bonchev–Trinajstić information content (AvgIpc) is 2.86. The van der Waals surface area contributed by atoms with Crippen molar-refractivity contribution in [3.05, 3.63) is 48.0 Å². The van der Waals surface area contributed by atoms with Crippen molar-refractivity contribution < 1.29 is 28.5 Å². The molecule has 0 saturated heterocycles. The average molecular weight is 453 g/mol. The summed E-state index contributed by atoms with van der Waals surface area (Å²) in [5, 5.41) is 3.69. The van der Waals surface area contributed by atoms with Gasteiger partial charge >= 0.3 is 5.97 Å². The number of aromatic nitrogens is 1. The molecule has 33 heavy (non-hydrogen) atoms. The number of unbranched alkanes of at least 4 members (excludes halogenated alkanes) is 1. The lowest BCUT2D eigenvalue weighted by Gasteiger charge is -2.15. The van der Waals surface area contributed by atoms with E-state index < -0.39 is 0 Å². The molecule has 2 aromatic carbocycles. The minimum Gasteiger partial charge on any atom is -0.493 e. The highest BCUT2D eigenvalue weighted by Crippen LogP contribution is 2.41. The van der Waals surface area contributed by atoms with Crippen LogP contribution in [-0.2, 0) is 9.53 Å². The molecule has 0 unspecified atom stereocenters. The normalized spacial score (nSPS) is 10.5. The number of carbonyl (C=O) groups is 2. The monoisotopic (exact) mass is 452 g/mol. The van der Waals surface area contributed by atoms with Crippen molar-refractivity contribution in [2.45, 2.75) is 19.3 Å². The molecule has 0 bridgehead atoms. The van der Waals surface area contributed by atoms with E-state index in [1.165, 1.54) is 7.11 Å². The second-order valence-corrected chi connectivity index (χ2v) is 7.28. The Hall–Kier alpha value is -3.81. The molecule has 0 radical (unpaired) electrons. The van der Waals surface area contributed by atoms with Crippen LogP contribution in [0.25, 0.3) is 22.2 Å². The second-order valence-electron chi connectivity index (χ2n) is 7.28. The van der Waals surface area contributed by atoms with E-state index in [9.17, 15) is 9.59 Å². The van der Waals surface area contributed by atoms with E-state index in [2.05, 4.69) is 10.1 Å². The first kappa shape index (κ1) is 23.8. The number of para-hydroxylation sites is 1. The van der Waals surface area contributed by atoms with Crippen LogP contribution in [0.2, 0.25) is 0 Å². The summed E-state index contributed by atoms with van der Waals surface area (Å²) in [6, 6.07) is 12.8. The van der Waals surface area contributed by atoms with E-state index in [-0.39, 0.29) is 11.9 Å². The molecule has 3 rings (SSSR count). The van der Waals surface area contributed by atoms with Crippen LogP contribution in [0, 0.1) is 0 Å². The van der Waals surface area contributed by atoms with Crippen LogP contribution in [0.5, 0.6) is 17.2 Å². The Morgan fingerprint density at radius 2 is 1.61 bits per heavy atom. The number of esters is 1. The molecule has 0 fully saturated rings. The number of hydrogen-bond acceptors (Lipinski definition) is 7. The molecule has 1 heterocycles. The Balaban J connectivity index is 1.93. The molecule has 0 atom stereocenters. The van der Waals surface area contributed by atoms with Crippen LogP contribution in [0.3, 0.4) is 0 Å². The zero-order valence-electron chi connectivity index (χ0n) is 19.3. The van der Waals surface area contributed by atoms with Crippen LogP contribution in [-0.4, -0.2) is 51.8 Å². The lowest BCUT2D eigenvalue weighted by molar-refractivity contribution is -0.140. The molecule has 0 saturated carbocycles. The van der Waals surface area contributed by atoms with E-state index in [1.807, 2.05) is 24.3 Å². The summed E-state index contributed by atoms with van der Waals surface area (Å²) in [7, 11) is 6.01. The third-order valence-corrected chi connectivity index (χ3v) is 5.24. The molecule has 3 aromatic rings. The van der Waals surface area contributed by atoms with Crippen molar-refractivity contribution in [2.24, 2.45) is 0 Å². The molecule has 0 aliphatic rings. The molecule has 1 N–H and O–H groups in total. The SMILES string of the molecule is COC(=O)CCCCNC(=O)c1cc(-c2cc(OC)c(OC)c(OC)c2)nc2ccccc12. The van der Waals surface area contributed by atoms with Crippen LogP contribution < -0.4 is 19.5 Å². The molecule has 174 valence electrons. The van der Waals surface area contributed by atoms with Gasteiger partial charge in [-0.3, -0.25) is 9.59 Å². The van der Waals surface area contributed by atoms with Crippen molar-refractivity contribution >= 4 is 22.8 Å². The first-order chi connectivity index (χ1) is 16.0. The van der Waals surface area contributed by atoms with Gasteiger partial charge in [-0.25, -0.2) is 4.98 Å². The van der Waals surface area contributed by atoms with Gasteiger partial charge in [0.15, 0.2) is 11.5 Å². The molecule has 8 nitrogen and oxygen atoms in total. The van der Waals surface area contributed by atoms with Gasteiger partial charge in [-0.1, -0.05) is 18.2 Å². The zero-order valence-corrected chi connectivity index (χ0v) is 19.3. The van der Waals surface area contributed by atoms with Gasteiger partial charge < -0.3 is 24.3 Å². The van der Waals surface area contributed by atoms with Gasteiger partial charge in [0.05, 0.1) is 45.2 Å². The standard InChI is InChI=1S/C25H28N2O6/c1-30-21-13-16(14-22(31-2)24(21)33-4)20-15-18(17-9-5-6-10-19(17)27-20)25(29)26-12-8-7-11-23(28)32-3/h5-6,9-10,13-15H,7-8,11-12H2,1-4H3,(H,26,29). The number of rotatable bonds is 10. The van der Waals surface area contributed by atoms with Gasteiger partial charge in [0, 0.05) is 23.9 Å². The molecule has 0 aliphatic heterocycles. The third-order valence-electron chi connectivity index (χ3n) is 5.24. The van der Waals surface area contributed by atoms with Crippen molar-refractivity contribution in [1.29, 1.82) is 0 Å². The highest BCUT2D eigenvalue weighted by molar-refractivity contribution is 6.07. The fourth-order valence-corrected chi connectivity index (χ4v) is 3.53. The maximum absolute atomic E-state index is 13.0. The van der Waals surface area contributed by atoms with Crippen molar-refractivity contribution in [1.82, 2.24) is 10.3 Å². The smallest absolute Gasteiger partial charge is 0.305 e. The number of nitrogens with zero attached hydrogens (tertiary/aromatic N) is 1. The Labute approximate surface area is 192 Å². The first-order valence-corrected chi connectivity index (χ1v) is 10.6. The van der Waals surface area contributed by atoms with Gasteiger partial charge in [-0.05, 0) is 37.1 Å². The molecular formula is C25H28N2O6. The van der Waals surface area contributed by atoms with Gasteiger partial charge in [-0.15, -0.1) is 0 Å². The summed E-state index contributed by atoms with van der Waals surface area (Å²) in [6.07, 6.45) is 1.64. The number of nitrogens with one attached hydrogen (secondary N) is 1. The lowest BCUT2D eigenvalue weighted by atomic mass is 10.0. The summed E-state index contributed by atoms with van der Waals surface area (Å²) in [4.78, 5) is 29.0. The molecule has 8 heteroatoms. The number of methoxy groups -OCH3 is 4. The summed E-state index contributed by atoms with van der Waals surface area (Å²) in [6.45, 7) is 0.450. The fourth-order valence-electron chi connectivity index (χ4n) is 3.53. The van der Waals surface area contributed by atoms with Crippen LogP contribution in [0.15, 0.2) is 42.5 Å². The number of ether oxygens (including phenoxy) is 4. The number of fused-ring (bicyclic) bond motifs is 1.